The maximum atomic E-state index is 13.7. The largest absolute Gasteiger partial charge is 0.497 e. The molecule has 0 spiro atoms. The van der Waals surface area contributed by atoms with Gasteiger partial charge in [0.1, 0.15) is 17.7 Å². The average Bonchev–Trinajstić information content (AvgIpc) is 3.37. The number of piperidine rings is 1. The van der Waals surface area contributed by atoms with Gasteiger partial charge in [0.15, 0.2) is 0 Å². The van der Waals surface area contributed by atoms with Crippen molar-refractivity contribution in [3.8, 4) is 5.75 Å². The Morgan fingerprint density at radius 2 is 1.66 bits per heavy atom. The van der Waals surface area contributed by atoms with E-state index in [0.29, 0.717) is 42.3 Å². The molecule has 0 aliphatic carbocycles. The zero-order valence-corrected chi connectivity index (χ0v) is 23.8. The van der Waals surface area contributed by atoms with Crippen molar-refractivity contribution in [1.82, 2.24) is 20.2 Å². The summed E-state index contributed by atoms with van der Waals surface area (Å²) < 4.78 is 90.6. The summed E-state index contributed by atoms with van der Waals surface area (Å²) in [5.41, 5.74) is 0.402. The van der Waals surface area contributed by atoms with Crippen LogP contribution in [0.2, 0.25) is 5.02 Å². The van der Waals surface area contributed by atoms with E-state index in [2.05, 4.69) is 15.3 Å². The summed E-state index contributed by atoms with van der Waals surface area (Å²) >= 11 is 5.90. The van der Waals surface area contributed by atoms with Gasteiger partial charge >= 0.3 is 18.3 Å². The number of carbonyl (C=O) groups excluding carboxylic acids is 2. The van der Waals surface area contributed by atoms with E-state index < -0.39 is 36.3 Å². The van der Waals surface area contributed by atoms with E-state index in [-0.39, 0.29) is 41.8 Å². The maximum Gasteiger partial charge on any atom is 0.490 e. The van der Waals surface area contributed by atoms with E-state index in [1.807, 2.05) is 0 Å². The third-order valence-corrected chi connectivity index (χ3v) is 7.77. The highest BCUT2D eigenvalue weighted by Crippen LogP contribution is 2.35. The number of alkyl halides is 6. The Labute approximate surface area is 252 Å². The molecule has 1 N–H and O–H groups in total. The predicted octanol–water partition coefficient (Wildman–Crippen LogP) is 4.87. The number of methoxy groups -OCH3 is 1. The van der Waals surface area contributed by atoms with E-state index >= 15 is 0 Å². The summed E-state index contributed by atoms with van der Waals surface area (Å²) in [5.74, 6) is -3.93. The molecule has 2 fully saturated rings. The minimum absolute atomic E-state index is 0.0545. The van der Waals surface area contributed by atoms with Crippen molar-refractivity contribution < 1.29 is 45.4 Å². The van der Waals surface area contributed by atoms with Gasteiger partial charge < -0.3 is 24.6 Å². The molecule has 44 heavy (non-hydrogen) atoms. The molecule has 0 saturated carbocycles. The molecule has 2 aromatic carbocycles. The van der Waals surface area contributed by atoms with Crippen LogP contribution in [0, 0.1) is 0 Å². The maximum absolute atomic E-state index is 13.7. The fraction of sp³-hybridized carbons (Fsp3) is 0.429. The van der Waals surface area contributed by atoms with Crippen LogP contribution in [0.3, 0.4) is 0 Å². The molecule has 0 bridgehead atoms. The molecule has 0 unspecified atom stereocenters. The highest BCUT2D eigenvalue weighted by molar-refractivity contribution is 6.30. The van der Waals surface area contributed by atoms with Crippen molar-refractivity contribution in [1.29, 1.82) is 0 Å². The van der Waals surface area contributed by atoms with Crippen LogP contribution in [0.4, 0.5) is 32.2 Å². The van der Waals surface area contributed by atoms with Gasteiger partial charge in [-0.1, -0.05) is 11.6 Å². The number of carbonyl (C=O) groups is 2. The number of fused-ring (bicyclic) bond motifs is 1. The number of benzene rings is 2. The molecule has 2 atom stereocenters. The topological polar surface area (TPSA) is 96.9 Å². The van der Waals surface area contributed by atoms with Crippen LogP contribution in [-0.2, 0) is 15.7 Å². The molecule has 2 aliphatic rings. The minimum atomic E-state index is -5.27. The van der Waals surface area contributed by atoms with Gasteiger partial charge in [-0.05, 0) is 55.3 Å². The molecule has 2 aliphatic heterocycles. The summed E-state index contributed by atoms with van der Waals surface area (Å²) in [6.07, 6.45) is -10.7. The number of likely N-dealkylation sites (tertiary alicyclic amines) is 1. The van der Waals surface area contributed by atoms with Crippen LogP contribution < -0.4 is 15.0 Å². The highest BCUT2D eigenvalue weighted by Gasteiger charge is 2.47. The number of anilines is 1. The summed E-state index contributed by atoms with van der Waals surface area (Å²) in [6.45, 7) is 0.191. The number of esters is 1. The monoisotopic (exact) mass is 645 g/mol. The molecule has 3 heterocycles. The van der Waals surface area contributed by atoms with Gasteiger partial charge in [-0.2, -0.15) is 26.3 Å². The van der Waals surface area contributed by atoms with Crippen LogP contribution in [0.25, 0.3) is 10.9 Å². The Morgan fingerprint density at radius 3 is 2.27 bits per heavy atom. The number of halogens is 7. The first-order valence-electron chi connectivity index (χ1n) is 13.5. The fourth-order valence-electron chi connectivity index (χ4n) is 5.34. The standard InChI is InChI=1S/C28H26ClF6N5O4/c1-43-18-6-7-20-19(12-18)23(38-25(37-20)27(30,31)32)40-13-21(22(14-40)44-26(42)28(33,34)35)36-17-8-10-39(11-9-17)24(41)15-2-4-16(29)5-3-15/h2-7,12,17,21-22,36H,8-11,13-14H2,1H3/t21-,22-/m0/s1. The Balaban J connectivity index is 1.37. The lowest BCUT2D eigenvalue weighted by atomic mass is 10.0. The summed E-state index contributed by atoms with van der Waals surface area (Å²) in [4.78, 5) is 35.0. The van der Waals surface area contributed by atoms with Crippen molar-refractivity contribution in [3.63, 3.8) is 0 Å². The first-order chi connectivity index (χ1) is 20.7. The van der Waals surface area contributed by atoms with Crippen LogP contribution in [-0.4, -0.2) is 84.4 Å². The zero-order valence-electron chi connectivity index (χ0n) is 23.1. The Hall–Kier alpha value is -3.85. The van der Waals surface area contributed by atoms with Crippen molar-refractivity contribution in [2.24, 2.45) is 0 Å². The second kappa shape index (κ2) is 12.3. The summed E-state index contributed by atoms with van der Waals surface area (Å²) in [6, 6.07) is 9.42. The lowest BCUT2D eigenvalue weighted by molar-refractivity contribution is -0.204. The lowest BCUT2D eigenvalue weighted by Crippen LogP contribution is -2.52. The Bertz CT molecular complexity index is 1530. The number of aromatic nitrogens is 2. The molecule has 236 valence electrons. The van der Waals surface area contributed by atoms with E-state index in [1.165, 1.54) is 30.2 Å². The average molecular weight is 646 g/mol. The van der Waals surface area contributed by atoms with Crippen LogP contribution in [0.5, 0.6) is 5.75 Å². The zero-order chi connectivity index (χ0) is 31.8. The molecule has 16 heteroatoms. The van der Waals surface area contributed by atoms with Gasteiger partial charge in [0.2, 0.25) is 5.82 Å². The van der Waals surface area contributed by atoms with E-state index in [9.17, 15) is 35.9 Å². The molecule has 2 saturated heterocycles. The van der Waals surface area contributed by atoms with E-state index in [0.717, 1.165) is 0 Å². The summed E-state index contributed by atoms with van der Waals surface area (Å²) in [7, 11) is 1.36. The van der Waals surface area contributed by atoms with Crippen molar-refractivity contribution >= 4 is 40.2 Å². The van der Waals surface area contributed by atoms with Crippen LogP contribution >= 0.6 is 11.6 Å². The minimum Gasteiger partial charge on any atom is -0.497 e. The number of ether oxygens (including phenoxy) is 2. The second-order valence-electron chi connectivity index (χ2n) is 10.4. The third-order valence-electron chi connectivity index (χ3n) is 7.52. The molecule has 3 aromatic rings. The van der Waals surface area contributed by atoms with Crippen molar-refractivity contribution in [2.75, 3.05) is 38.2 Å². The highest BCUT2D eigenvalue weighted by atomic mass is 35.5. The summed E-state index contributed by atoms with van der Waals surface area (Å²) in [5, 5.41) is 3.87. The normalized spacial score (nSPS) is 19.8. The molecular formula is C28H26ClF6N5O4. The quantitative estimate of drug-likeness (QED) is 0.300. The number of nitrogens with one attached hydrogen (secondary N) is 1. The number of nitrogens with zero attached hydrogens (tertiary/aromatic N) is 4. The molecule has 5 rings (SSSR count). The van der Waals surface area contributed by atoms with Gasteiger partial charge in [0, 0.05) is 41.6 Å². The molecule has 1 amide bonds. The fourth-order valence-corrected chi connectivity index (χ4v) is 5.47. The predicted molar refractivity (Wildman–Crippen MR) is 147 cm³/mol. The van der Waals surface area contributed by atoms with E-state index in [1.54, 1.807) is 29.2 Å². The SMILES string of the molecule is COc1ccc2nc(C(F)(F)F)nc(N3C[C@H](NC4CCN(C(=O)c5ccc(Cl)cc5)CC4)[C@@H](OC(=O)C(F)(F)F)C3)c2c1. The second-order valence-corrected chi connectivity index (χ2v) is 10.9. The number of rotatable bonds is 6. The molecule has 9 nitrogen and oxygen atoms in total. The lowest BCUT2D eigenvalue weighted by Gasteiger charge is -2.34. The van der Waals surface area contributed by atoms with E-state index in [4.69, 9.17) is 21.1 Å². The molecule has 0 radical (unpaired) electrons. The Kier molecular flexibility index (Phi) is 8.80. The molecular weight excluding hydrogens is 620 g/mol. The number of hydrogen-bond acceptors (Lipinski definition) is 8. The smallest absolute Gasteiger partial charge is 0.490 e. The van der Waals surface area contributed by atoms with Crippen LogP contribution in [0.15, 0.2) is 42.5 Å². The Morgan fingerprint density at radius 1 is 0.977 bits per heavy atom. The first kappa shape index (κ1) is 31.6. The van der Waals surface area contributed by atoms with Gasteiger partial charge in [-0.3, -0.25) is 4.79 Å². The van der Waals surface area contributed by atoms with Crippen molar-refractivity contribution in [2.45, 2.75) is 43.4 Å². The first-order valence-corrected chi connectivity index (χ1v) is 13.9. The number of hydrogen-bond donors (Lipinski definition) is 1. The van der Waals surface area contributed by atoms with Gasteiger partial charge in [-0.25, -0.2) is 14.8 Å². The van der Waals surface area contributed by atoms with Gasteiger partial charge in [0.25, 0.3) is 5.91 Å². The number of amides is 1. The van der Waals surface area contributed by atoms with Crippen molar-refractivity contribution in [3.05, 3.63) is 58.9 Å². The third kappa shape index (κ3) is 6.93. The molecule has 1 aromatic heterocycles. The van der Waals surface area contributed by atoms with Gasteiger partial charge in [-0.15, -0.1) is 0 Å². The van der Waals surface area contributed by atoms with Gasteiger partial charge in [0.05, 0.1) is 25.2 Å². The van der Waals surface area contributed by atoms with Crippen LogP contribution in [0.1, 0.15) is 29.0 Å².